The minimum atomic E-state index is -0.696. The SMILES string of the molecule is CNCc1cccc(Cl)c1-c1csc([C@@H](C)Nc2nc(C)nc3cc(OC)c(C4CCC(C(=O)O)CC4)cc23)c1. The number of carboxylic acids is 1. The molecule has 0 aliphatic heterocycles. The largest absolute Gasteiger partial charge is 0.496 e. The van der Waals surface area contributed by atoms with E-state index in [1.807, 2.05) is 32.2 Å². The van der Waals surface area contributed by atoms with Gasteiger partial charge >= 0.3 is 5.97 Å². The lowest BCUT2D eigenvalue weighted by Gasteiger charge is -2.28. The number of benzene rings is 2. The van der Waals surface area contributed by atoms with Crippen molar-refractivity contribution in [2.45, 2.75) is 58.0 Å². The van der Waals surface area contributed by atoms with Gasteiger partial charge in [0, 0.05) is 33.5 Å². The quantitative estimate of drug-likeness (QED) is 0.188. The monoisotopic (exact) mass is 578 g/mol. The third kappa shape index (κ3) is 5.80. The van der Waals surface area contributed by atoms with Gasteiger partial charge in [0.1, 0.15) is 17.4 Å². The van der Waals surface area contributed by atoms with Crippen molar-refractivity contribution in [1.29, 1.82) is 0 Å². The first-order valence-electron chi connectivity index (χ1n) is 13.7. The first kappa shape index (κ1) is 28.3. The number of rotatable bonds is 9. The molecule has 40 heavy (non-hydrogen) atoms. The Morgan fingerprint density at radius 1 is 1.20 bits per heavy atom. The van der Waals surface area contributed by atoms with Gasteiger partial charge < -0.3 is 20.5 Å². The Kier molecular flexibility index (Phi) is 8.59. The number of halogens is 1. The van der Waals surface area contributed by atoms with E-state index in [0.29, 0.717) is 18.7 Å². The molecule has 0 saturated heterocycles. The van der Waals surface area contributed by atoms with Crippen LogP contribution in [0.3, 0.4) is 0 Å². The van der Waals surface area contributed by atoms with E-state index < -0.39 is 5.97 Å². The molecule has 4 aromatic rings. The van der Waals surface area contributed by atoms with Crippen LogP contribution in [0.15, 0.2) is 41.8 Å². The lowest BCUT2D eigenvalue weighted by atomic mass is 9.78. The van der Waals surface area contributed by atoms with Gasteiger partial charge in [-0.15, -0.1) is 11.3 Å². The average Bonchev–Trinajstić information content (AvgIpc) is 3.42. The molecule has 0 unspecified atom stereocenters. The molecule has 1 aliphatic carbocycles. The smallest absolute Gasteiger partial charge is 0.306 e. The highest BCUT2D eigenvalue weighted by Gasteiger charge is 2.29. The fraction of sp³-hybridized carbons (Fsp3) is 0.387. The maximum Gasteiger partial charge on any atom is 0.306 e. The standard InChI is InChI=1S/C31H35ClN4O3S/c1-17(28-12-22(16-40-28)29-21(15-33-3)6-5-7-25(29)32)34-30-24-13-23(19-8-10-20(11-9-19)31(37)38)27(39-4)14-26(24)35-18(2)36-30/h5-7,12-14,16-17,19-20,33H,8-11,15H2,1-4H3,(H,37,38)(H,34,35,36)/t17-,19?,20?/m1/s1. The van der Waals surface area contributed by atoms with E-state index in [0.717, 1.165) is 69.1 Å². The Morgan fingerprint density at radius 2 is 1.98 bits per heavy atom. The number of hydrogen-bond donors (Lipinski definition) is 3. The summed E-state index contributed by atoms with van der Waals surface area (Å²) in [6.07, 6.45) is 2.99. The summed E-state index contributed by atoms with van der Waals surface area (Å²) in [5, 5.41) is 20.2. The number of nitrogens with one attached hydrogen (secondary N) is 2. The molecule has 1 atom stereocenters. The Hall–Kier alpha value is -3.20. The Morgan fingerprint density at radius 3 is 2.67 bits per heavy atom. The highest BCUT2D eigenvalue weighted by Crippen LogP contribution is 2.42. The van der Waals surface area contributed by atoms with Crippen molar-refractivity contribution in [3.63, 3.8) is 0 Å². The maximum atomic E-state index is 11.5. The number of carbonyl (C=O) groups is 1. The molecule has 3 N–H and O–H groups in total. The number of carboxylic acid groups (broad SMARTS) is 1. The zero-order valence-electron chi connectivity index (χ0n) is 23.3. The second kappa shape index (κ2) is 12.1. The van der Waals surface area contributed by atoms with Crippen LogP contribution < -0.4 is 15.4 Å². The molecule has 5 rings (SSSR count). The molecule has 9 heteroatoms. The van der Waals surface area contributed by atoms with E-state index in [4.69, 9.17) is 26.3 Å². The molecular formula is C31H35ClN4O3S. The maximum absolute atomic E-state index is 11.5. The van der Waals surface area contributed by atoms with Gasteiger partial charge in [-0.1, -0.05) is 23.7 Å². The molecule has 0 spiro atoms. The fourth-order valence-corrected chi connectivity index (χ4v) is 6.97. The third-order valence-electron chi connectivity index (χ3n) is 7.83. The summed E-state index contributed by atoms with van der Waals surface area (Å²) in [6.45, 7) is 4.77. The van der Waals surface area contributed by atoms with Crippen LogP contribution in [0.5, 0.6) is 5.75 Å². The number of aryl methyl sites for hydroxylation is 1. The molecule has 2 aromatic heterocycles. The summed E-state index contributed by atoms with van der Waals surface area (Å²) in [7, 11) is 3.62. The van der Waals surface area contributed by atoms with Crippen LogP contribution in [0.1, 0.15) is 66.4 Å². The van der Waals surface area contributed by atoms with Crippen molar-refractivity contribution in [3.8, 4) is 16.9 Å². The minimum Gasteiger partial charge on any atom is -0.496 e. The van der Waals surface area contributed by atoms with Crippen molar-refractivity contribution in [2.75, 3.05) is 19.5 Å². The van der Waals surface area contributed by atoms with Gasteiger partial charge in [0.15, 0.2) is 0 Å². The lowest BCUT2D eigenvalue weighted by molar-refractivity contribution is -0.142. The summed E-state index contributed by atoms with van der Waals surface area (Å²) in [4.78, 5) is 22.2. The number of hydrogen-bond acceptors (Lipinski definition) is 7. The zero-order valence-corrected chi connectivity index (χ0v) is 24.8. The van der Waals surface area contributed by atoms with Crippen LogP contribution in [0, 0.1) is 12.8 Å². The second-order valence-electron chi connectivity index (χ2n) is 10.5. The number of nitrogens with zero attached hydrogens (tertiary/aromatic N) is 2. The molecule has 1 fully saturated rings. The van der Waals surface area contributed by atoms with Gasteiger partial charge in [-0.25, -0.2) is 9.97 Å². The highest BCUT2D eigenvalue weighted by molar-refractivity contribution is 7.10. The fourth-order valence-electron chi connectivity index (χ4n) is 5.76. The topological polar surface area (TPSA) is 96.4 Å². The van der Waals surface area contributed by atoms with Gasteiger partial charge in [-0.2, -0.15) is 0 Å². The normalized spacial score (nSPS) is 18.0. The van der Waals surface area contributed by atoms with Gasteiger partial charge in [0.05, 0.1) is 24.6 Å². The molecule has 2 aromatic carbocycles. The van der Waals surface area contributed by atoms with E-state index >= 15 is 0 Å². The molecule has 0 radical (unpaired) electrons. The van der Waals surface area contributed by atoms with Crippen molar-refractivity contribution in [1.82, 2.24) is 15.3 Å². The van der Waals surface area contributed by atoms with Gasteiger partial charge in [-0.05, 0) is 92.8 Å². The molecule has 2 heterocycles. The minimum absolute atomic E-state index is 0.00282. The number of aromatic nitrogens is 2. The van der Waals surface area contributed by atoms with Gasteiger partial charge in [0.2, 0.25) is 0 Å². The number of fused-ring (bicyclic) bond motifs is 1. The summed E-state index contributed by atoms with van der Waals surface area (Å²) in [5.74, 6) is 1.54. The van der Waals surface area contributed by atoms with Crippen LogP contribution in [-0.4, -0.2) is 35.2 Å². The molecule has 7 nitrogen and oxygen atoms in total. The predicted octanol–water partition coefficient (Wildman–Crippen LogP) is 7.58. The number of ether oxygens (including phenoxy) is 1. The van der Waals surface area contributed by atoms with E-state index in [2.05, 4.69) is 41.1 Å². The first-order chi connectivity index (χ1) is 19.3. The summed E-state index contributed by atoms with van der Waals surface area (Å²) < 4.78 is 5.78. The number of aliphatic carboxylic acids is 1. The van der Waals surface area contributed by atoms with E-state index in [-0.39, 0.29) is 17.9 Å². The predicted molar refractivity (Wildman–Crippen MR) is 163 cm³/mol. The lowest BCUT2D eigenvalue weighted by Crippen LogP contribution is -2.20. The second-order valence-corrected chi connectivity index (χ2v) is 11.9. The Bertz CT molecular complexity index is 1530. The zero-order chi connectivity index (χ0) is 28.4. The van der Waals surface area contributed by atoms with Crippen LogP contribution in [0.2, 0.25) is 5.02 Å². The van der Waals surface area contributed by atoms with E-state index in [1.54, 1.807) is 18.4 Å². The number of thiophene rings is 1. The molecule has 1 aliphatic rings. The molecule has 1 saturated carbocycles. The Labute approximate surface area is 244 Å². The van der Waals surface area contributed by atoms with Crippen molar-refractivity contribution in [3.05, 3.63) is 68.6 Å². The average molecular weight is 579 g/mol. The molecule has 0 amide bonds. The number of anilines is 1. The van der Waals surface area contributed by atoms with Gasteiger partial charge in [0.25, 0.3) is 0 Å². The van der Waals surface area contributed by atoms with Crippen molar-refractivity contribution in [2.24, 2.45) is 5.92 Å². The molecular weight excluding hydrogens is 544 g/mol. The van der Waals surface area contributed by atoms with E-state index in [1.165, 1.54) is 4.88 Å². The van der Waals surface area contributed by atoms with Crippen LogP contribution >= 0.6 is 22.9 Å². The summed E-state index contributed by atoms with van der Waals surface area (Å²) in [6, 6.07) is 12.4. The highest BCUT2D eigenvalue weighted by atomic mass is 35.5. The van der Waals surface area contributed by atoms with Gasteiger partial charge in [-0.3, -0.25) is 4.79 Å². The van der Waals surface area contributed by atoms with Crippen LogP contribution in [-0.2, 0) is 11.3 Å². The number of methoxy groups -OCH3 is 1. The van der Waals surface area contributed by atoms with Crippen LogP contribution in [0.25, 0.3) is 22.0 Å². The Balaban J connectivity index is 1.46. The summed E-state index contributed by atoms with van der Waals surface area (Å²) in [5.41, 5.74) is 5.25. The van der Waals surface area contributed by atoms with Crippen LogP contribution in [0.4, 0.5) is 5.82 Å². The van der Waals surface area contributed by atoms with Crippen molar-refractivity contribution >= 4 is 45.6 Å². The molecule has 210 valence electrons. The first-order valence-corrected chi connectivity index (χ1v) is 14.9. The van der Waals surface area contributed by atoms with Crippen molar-refractivity contribution < 1.29 is 14.6 Å². The molecule has 0 bridgehead atoms. The summed E-state index contributed by atoms with van der Waals surface area (Å²) >= 11 is 8.33. The third-order valence-corrected chi connectivity index (χ3v) is 9.26. The van der Waals surface area contributed by atoms with E-state index in [9.17, 15) is 9.90 Å².